The highest BCUT2D eigenvalue weighted by molar-refractivity contribution is 6.19. The lowest BCUT2D eigenvalue weighted by Crippen LogP contribution is -2.25. The minimum Gasteiger partial charge on any atom is -0.478 e. The first-order valence-corrected chi connectivity index (χ1v) is 10.3. The van der Waals surface area contributed by atoms with Gasteiger partial charge in [-0.05, 0) is 64.7 Å². The smallest absolute Gasteiger partial charge is 0.355 e. The number of carbonyl (C=O) groups is 4. The lowest BCUT2D eigenvalue weighted by atomic mass is 9.96. The summed E-state index contributed by atoms with van der Waals surface area (Å²) in [5, 5.41) is 12.7. The first-order chi connectivity index (χ1) is 14.8. The van der Waals surface area contributed by atoms with E-state index in [1.54, 1.807) is 47.6 Å². The van der Waals surface area contributed by atoms with Crippen LogP contribution in [0.5, 0.6) is 0 Å². The highest BCUT2D eigenvalue weighted by atomic mass is 16.6. The number of H-pyrrole nitrogens is 1. The second kappa shape index (κ2) is 9.42. The topological polar surface area (TPSA) is 135 Å². The fourth-order valence-electron chi connectivity index (χ4n) is 3.63. The van der Waals surface area contributed by atoms with E-state index in [9.17, 15) is 24.3 Å². The molecular formula is C23H30N2O7. The van der Waals surface area contributed by atoms with Gasteiger partial charge in [0.15, 0.2) is 0 Å². The van der Waals surface area contributed by atoms with Gasteiger partial charge < -0.3 is 24.9 Å². The van der Waals surface area contributed by atoms with Crippen LogP contribution >= 0.6 is 0 Å². The number of carbonyl (C=O) groups excluding carboxylic acids is 3. The summed E-state index contributed by atoms with van der Waals surface area (Å²) in [5.74, 6) is -3.23. The van der Waals surface area contributed by atoms with Crippen molar-refractivity contribution in [1.29, 1.82) is 0 Å². The number of amides is 1. The maximum Gasteiger partial charge on any atom is 0.355 e. The van der Waals surface area contributed by atoms with Gasteiger partial charge in [-0.25, -0.2) is 9.59 Å². The molecule has 9 nitrogen and oxygen atoms in total. The molecule has 1 saturated heterocycles. The quantitative estimate of drug-likeness (QED) is 0.452. The molecule has 1 aliphatic rings. The zero-order chi connectivity index (χ0) is 24.4. The van der Waals surface area contributed by atoms with Crippen LogP contribution in [-0.4, -0.2) is 46.6 Å². The Hall–Kier alpha value is -3.36. The van der Waals surface area contributed by atoms with Gasteiger partial charge >= 0.3 is 17.9 Å². The number of methoxy groups -OCH3 is 1. The fourth-order valence-corrected chi connectivity index (χ4v) is 3.63. The fraction of sp³-hybridized carbons (Fsp3) is 0.478. The maximum absolute atomic E-state index is 12.9. The molecule has 0 bridgehead atoms. The van der Waals surface area contributed by atoms with Crippen LogP contribution in [0.4, 0.5) is 0 Å². The second-order valence-corrected chi connectivity index (χ2v) is 8.57. The summed E-state index contributed by atoms with van der Waals surface area (Å²) >= 11 is 0. The van der Waals surface area contributed by atoms with Crippen molar-refractivity contribution in [3.05, 3.63) is 39.9 Å². The van der Waals surface area contributed by atoms with Crippen LogP contribution in [0.3, 0.4) is 0 Å². The number of hydrogen-bond donors (Lipinski definition) is 3. The number of nitrogens with one attached hydrogen (secondary N) is 2. The molecule has 174 valence electrons. The Morgan fingerprint density at radius 3 is 2.31 bits per heavy atom. The molecule has 2 rings (SSSR count). The van der Waals surface area contributed by atoms with E-state index in [4.69, 9.17) is 9.47 Å². The molecular weight excluding hydrogens is 416 g/mol. The molecule has 3 N–H and O–H groups in total. The standard InChI is InChI=1S/C23H30N2O7/c1-8-13-12(3)20(27)25-18(13)16(21(28)29)17-11(2)14(9-10-15(26)31-7)19(24-17)22(30)32-23(4,5)6/h8,12,24H,9-10H2,1-7H3,(H,25,27)(H,28,29)/b13-8+,18-16-/t12-/m1/s1. The van der Waals surface area contributed by atoms with Gasteiger partial charge in [0.25, 0.3) is 0 Å². The number of esters is 2. The molecule has 1 aromatic rings. The minimum atomic E-state index is -1.27. The van der Waals surface area contributed by atoms with Gasteiger partial charge in [0.05, 0.1) is 24.4 Å². The Balaban J connectivity index is 2.72. The number of carboxylic acid groups (broad SMARTS) is 1. The average molecular weight is 447 g/mol. The molecule has 1 atom stereocenters. The molecule has 0 unspecified atom stereocenters. The van der Waals surface area contributed by atoms with Crippen molar-refractivity contribution in [3.8, 4) is 0 Å². The molecule has 0 radical (unpaired) electrons. The van der Waals surface area contributed by atoms with Crippen molar-refractivity contribution in [1.82, 2.24) is 10.3 Å². The molecule has 1 amide bonds. The first-order valence-electron chi connectivity index (χ1n) is 10.3. The van der Waals surface area contributed by atoms with Crippen LogP contribution in [0.1, 0.15) is 68.3 Å². The molecule has 2 heterocycles. The number of aromatic amines is 1. The third-order valence-electron chi connectivity index (χ3n) is 5.21. The normalized spacial score (nSPS) is 19.0. The van der Waals surface area contributed by atoms with E-state index in [1.165, 1.54) is 7.11 Å². The molecule has 9 heteroatoms. The molecule has 1 aromatic heterocycles. The first kappa shape index (κ1) is 24.9. The van der Waals surface area contributed by atoms with Gasteiger partial charge in [-0.1, -0.05) is 6.08 Å². The summed E-state index contributed by atoms with van der Waals surface area (Å²) in [5.41, 5.74) is 0.951. The summed E-state index contributed by atoms with van der Waals surface area (Å²) in [4.78, 5) is 52.0. The number of ether oxygens (including phenoxy) is 2. The van der Waals surface area contributed by atoms with Gasteiger partial charge in [0, 0.05) is 6.42 Å². The van der Waals surface area contributed by atoms with Crippen molar-refractivity contribution in [2.24, 2.45) is 5.92 Å². The van der Waals surface area contributed by atoms with Gasteiger partial charge in [0.1, 0.15) is 16.9 Å². The van der Waals surface area contributed by atoms with E-state index in [1.807, 2.05) is 0 Å². The van der Waals surface area contributed by atoms with Crippen molar-refractivity contribution < 1.29 is 33.8 Å². The average Bonchev–Trinajstić information content (AvgIpc) is 3.15. The summed E-state index contributed by atoms with van der Waals surface area (Å²) in [7, 11) is 1.27. The van der Waals surface area contributed by atoms with Crippen LogP contribution in [0, 0.1) is 12.8 Å². The Morgan fingerprint density at radius 1 is 1.19 bits per heavy atom. The third-order valence-corrected chi connectivity index (χ3v) is 5.21. The zero-order valence-corrected chi connectivity index (χ0v) is 19.5. The monoisotopic (exact) mass is 446 g/mol. The third kappa shape index (κ3) is 5.09. The SMILES string of the molecule is C/C=C1/C(=C(/C(=O)O)c2[nH]c(C(=O)OC(C)(C)C)c(CCC(=O)OC)c2C)NC(=O)[C@@H]1C. The molecule has 0 saturated carbocycles. The van der Waals surface area contributed by atoms with Crippen molar-refractivity contribution in [2.75, 3.05) is 7.11 Å². The van der Waals surface area contributed by atoms with Crippen molar-refractivity contribution in [3.63, 3.8) is 0 Å². The van der Waals surface area contributed by atoms with E-state index in [0.29, 0.717) is 16.7 Å². The van der Waals surface area contributed by atoms with Gasteiger partial charge in [-0.2, -0.15) is 0 Å². The molecule has 0 aliphatic carbocycles. The molecule has 0 spiro atoms. The molecule has 0 aromatic carbocycles. The Kier molecular flexibility index (Phi) is 7.33. The second-order valence-electron chi connectivity index (χ2n) is 8.57. The van der Waals surface area contributed by atoms with Gasteiger partial charge in [-0.15, -0.1) is 0 Å². The lowest BCUT2D eigenvalue weighted by molar-refractivity contribution is -0.140. The number of rotatable bonds is 6. The highest BCUT2D eigenvalue weighted by Crippen LogP contribution is 2.35. The highest BCUT2D eigenvalue weighted by Gasteiger charge is 2.36. The van der Waals surface area contributed by atoms with Crippen LogP contribution < -0.4 is 5.32 Å². The summed E-state index contributed by atoms with van der Waals surface area (Å²) in [6.07, 6.45) is 1.83. The van der Waals surface area contributed by atoms with Crippen molar-refractivity contribution in [2.45, 2.75) is 60.0 Å². The Morgan fingerprint density at radius 2 is 1.81 bits per heavy atom. The van der Waals surface area contributed by atoms with E-state index in [-0.39, 0.29) is 41.4 Å². The number of allylic oxidation sites excluding steroid dienone is 2. The van der Waals surface area contributed by atoms with Crippen LogP contribution in [0.15, 0.2) is 17.3 Å². The van der Waals surface area contributed by atoms with Crippen LogP contribution in [0.2, 0.25) is 0 Å². The molecule has 32 heavy (non-hydrogen) atoms. The number of hydrogen-bond acceptors (Lipinski definition) is 6. The van der Waals surface area contributed by atoms with Gasteiger partial charge in [-0.3, -0.25) is 9.59 Å². The minimum absolute atomic E-state index is 0.00269. The van der Waals surface area contributed by atoms with E-state index in [2.05, 4.69) is 10.3 Å². The Bertz CT molecular complexity index is 1020. The largest absolute Gasteiger partial charge is 0.478 e. The van der Waals surface area contributed by atoms with E-state index in [0.717, 1.165) is 0 Å². The Labute approximate surface area is 186 Å². The van der Waals surface area contributed by atoms with E-state index >= 15 is 0 Å². The zero-order valence-electron chi connectivity index (χ0n) is 19.5. The predicted molar refractivity (Wildman–Crippen MR) is 117 cm³/mol. The number of aliphatic carboxylic acids is 1. The summed E-state index contributed by atoms with van der Waals surface area (Å²) < 4.78 is 10.2. The van der Waals surface area contributed by atoms with Crippen LogP contribution in [0.25, 0.3) is 5.57 Å². The van der Waals surface area contributed by atoms with Gasteiger partial charge in [0.2, 0.25) is 5.91 Å². The van der Waals surface area contributed by atoms with Crippen LogP contribution in [-0.2, 0) is 30.3 Å². The maximum atomic E-state index is 12.9. The number of aromatic nitrogens is 1. The summed E-state index contributed by atoms with van der Waals surface area (Å²) in [6.45, 7) is 10.2. The summed E-state index contributed by atoms with van der Waals surface area (Å²) in [6, 6.07) is 0. The lowest BCUT2D eigenvalue weighted by Gasteiger charge is -2.19. The molecule has 1 fully saturated rings. The number of carboxylic acids is 1. The predicted octanol–water partition coefficient (Wildman–Crippen LogP) is 2.89. The van der Waals surface area contributed by atoms with Crippen molar-refractivity contribution >= 4 is 29.4 Å². The molecule has 1 aliphatic heterocycles. The van der Waals surface area contributed by atoms with E-state index < -0.39 is 29.4 Å².